The number of carbonyl (C=O) groups excluding carboxylic acids is 1. The van der Waals surface area contributed by atoms with Crippen LogP contribution in [0.15, 0.2) is 134 Å². The predicted molar refractivity (Wildman–Crippen MR) is 202 cm³/mol. The maximum Gasteiger partial charge on any atom is 0.224 e. The van der Waals surface area contributed by atoms with E-state index in [1.165, 1.54) is 0 Å². The number of aliphatic hydroxyl groups excluding tert-OH is 1. The molecule has 7 heteroatoms. The number of pyridine rings is 1. The van der Waals surface area contributed by atoms with E-state index in [4.69, 9.17) is 19.2 Å². The molecule has 0 spiro atoms. The first-order valence-electron chi connectivity index (χ1n) is 17.4. The number of unbranched alkanes of at least 4 members (excludes halogenated alkanes) is 1. The lowest BCUT2D eigenvalue weighted by Gasteiger charge is -2.36. The van der Waals surface area contributed by atoms with Crippen LogP contribution in [-0.2, 0) is 28.0 Å². The van der Waals surface area contributed by atoms with Gasteiger partial charge < -0.3 is 24.6 Å². The molecule has 7 nitrogen and oxygen atoms in total. The molecule has 0 unspecified atom stereocenters. The van der Waals surface area contributed by atoms with Crippen molar-refractivity contribution in [2.24, 2.45) is 0 Å². The largest absolute Gasteiger partial charge is 0.497 e. The van der Waals surface area contributed by atoms with Crippen molar-refractivity contribution in [3.05, 3.63) is 161 Å². The molecule has 1 amide bonds. The number of nitrogens with one attached hydrogen (secondary N) is 1. The highest BCUT2D eigenvalue weighted by Crippen LogP contribution is 2.42. The summed E-state index contributed by atoms with van der Waals surface area (Å²) in [5, 5.41) is 13.7. The van der Waals surface area contributed by atoms with Crippen LogP contribution >= 0.6 is 0 Å². The molecule has 0 bridgehead atoms. The van der Waals surface area contributed by atoms with E-state index in [1.54, 1.807) is 20.4 Å². The number of aromatic nitrogens is 1. The Kier molecular flexibility index (Phi) is 11.7. The molecule has 6 rings (SSSR count). The minimum atomic E-state index is -0.878. The second kappa shape index (κ2) is 16.9. The standard InChI is InChI=1S/C44H44N2O5/c1-49-38-22-18-36(19-23-38)44(35-15-7-4-8-16-35,37-20-24-39(50-2)25-21-37)51-29-10-9-27-45-41(48)30-34-31-46-43-33(26-28-47)14-11-17-40(43)42(34)32-12-5-3-6-13-32/h3-8,11-25,31,47H,9-10,26-30H2,1-2H3,(H,45,48). The maximum atomic E-state index is 13.3. The number of carbonyl (C=O) groups is 1. The van der Waals surface area contributed by atoms with E-state index in [0.29, 0.717) is 19.6 Å². The number of rotatable bonds is 16. The predicted octanol–water partition coefficient (Wildman–Crippen LogP) is 7.90. The highest BCUT2D eigenvalue weighted by Gasteiger charge is 2.37. The SMILES string of the molecule is COc1ccc(C(OCCCCNC(=O)Cc2cnc3c(CCO)cccc3c2-c2ccccc2)(c2ccccc2)c2ccc(OC)cc2)cc1. The first-order chi connectivity index (χ1) is 25.1. The molecule has 6 aromatic rings. The zero-order chi connectivity index (χ0) is 35.5. The number of hydrogen-bond donors (Lipinski definition) is 2. The zero-order valence-corrected chi connectivity index (χ0v) is 29.2. The fourth-order valence-corrected chi connectivity index (χ4v) is 6.72. The van der Waals surface area contributed by atoms with E-state index in [9.17, 15) is 9.90 Å². The Bertz CT molecular complexity index is 1970. The average molecular weight is 681 g/mol. The van der Waals surface area contributed by atoms with Crippen LogP contribution in [0, 0.1) is 0 Å². The van der Waals surface area contributed by atoms with Crippen LogP contribution in [-0.4, -0.2) is 50.0 Å². The second-order valence-corrected chi connectivity index (χ2v) is 12.4. The monoisotopic (exact) mass is 680 g/mol. The molecule has 5 aromatic carbocycles. The third-order valence-corrected chi connectivity index (χ3v) is 9.24. The van der Waals surface area contributed by atoms with Crippen molar-refractivity contribution in [3.63, 3.8) is 0 Å². The van der Waals surface area contributed by atoms with Gasteiger partial charge in [0.05, 0.1) is 26.2 Å². The Balaban J connectivity index is 1.16. The summed E-state index contributed by atoms with van der Waals surface area (Å²) in [4.78, 5) is 18.1. The Hall–Kier alpha value is -5.50. The number of hydrogen-bond acceptors (Lipinski definition) is 6. The van der Waals surface area contributed by atoms with E-state index in [0.717, 1.165) is 74.2 Å². The average Bonchev–Trinajstić information content (AvgIpc) is 3.18. The number of benzene rings is 5. The van der Waals surface area contributed by atoms with Crippen LogP contribution in [0.3, 0.4) is 0 Å². The van der Waals surface area contributed by atoms with Crippen LogP contribution in [0.1, 0.15) is 40.7 Å². The molecule has 51 heavy (non-hydrogen) atoms. The number of aliphatic hydroxyl groups is 1. The third-order valence-electron chi connectivity index (χ3n) is 9.24. The van der Waals surface area contributed by atoms with Crippen molar-refractivity contribution in [2.75, 3.05) is 34.0 Å². The summed E-state index contributed by atoms with van der Waals surface area (Å²) in [5.74, 6) is 1.48. The summed E-state index contributed by atoms with van der Waals surface area (Å²) >= 11 is 0. The van der Waals surface area contributed by atoms with Gasteiger partial charge in [-0.3, -0.25) is 9.78 Å². The fourth-order valence-electron chi connectivity index (χ4n) is 6.72. The van der Waals surface area contributed by atoms with Gasteiger partial charge in [0.1, 0.15) is 17.1 Å². The van der Waals surface area contributed by atoms with E-state index in [1.807, 2.05) is 78.9 Å². The quantitative estimate of drug-likeness (QED) is 0.0798. The lowest BCUT2D eigenvalue weighted by molar-refractivity contribution is -0.120. The summed E-state index contributed by atoms with van der Waals surface area (Å²) < 4.78 is 17.9. The number of para-hydroxylation sites is 1. The topological polar surface area (TPSA) is 89.9 Å². The number of ether oxygens (including phenoxy) is 3. The molecule has 1 heterocycles. The van der Waals surface area contributed by atoms with Crippen LogP contribution in [0.25, 0.3) is 22.0 Å². The van der Waals surface area contributed by atoms with Crippen molar-refractivity contribution in [3.8, 4) is 22.6 Å². The number of fused-ring (bicyclic) bond motifs is 1. The number of methoxy groups -OCH3 is 2. The fraction of sp³-hybridized carbons (Fsp3) is 0.227. The number of nitrogens with zero attached hydrogens (tertiary/aromatic N) is 1. The van der Waals surface area contributed by atoms with Crippen LogP contribution in [0.2, 0.25) is 0 Å². The molecule has 0 aliphatic rings. The Labute approximate surface area is 299 Å². The van der Waals surface area contributed by atoms with Gasteiger partial charge in [-0.15, -0.1) is 0 Å². The molecule has 0 saturated carbocycles. The maximum absolute atomic E-state index is 13.3. The van der Waals surface area contributed by atoms with Gasteiger partial charge in [-0.25, -0.2) is 0 Å². The minimum Gasteiger partial charge on any atom is -0.497 e. The summed E-state index contributed by atoms with van der Waals surface area (Å²) in [6, 6.07) is 42.4. The van der Waals surface area contributed by atoms with Crippen molar-refractivity contribution in [1.29, 1.82) is 0 Å². The molecule has 260 valence electrons. The number of amides is 1. The van der Waals surface area contributed by atoms with Gasteiger partial charge >= 0.3 is 0 Å². The molecule has 0 atom stereocenters. The summed E-state index contributed by atoms with van der Waals surface area (Å²) in [7, 11) is 3.32. The van der Waals surface area contributed by atoms with E-state index in [2.05, 4.69) is 53.8 Å². The first-order valence-corrected chi connectivity index (χ1v) is 17.4. The Morgan fingerprint density at radius 1 is 0.706 bits per heavy atom. The van der Waals surface area contributed by atoms with E-state index < -0.39 is 5.60 Å². The highest BCUT2D eigenvalue weighted by molar-refractivity contribution is 5.99. The molecular formula is C44H44N2O5. The summed E-state index contributed by atoms with van der Waals surface area (Å²) in [5.41, 5.74) is 6.82. The van der Waals surface area contributed by atoms with Gasteiger partial charge in [0, 0.05) is 31.3 Å². The first kappa shape index (κ1) is 35.3. The molecular weight excluding hydrogens is 636 g/mol. The molecule has 0 aliphatic carbocycles. The normalized spacial score (nSPS) is 11.4. The van der Waals surface area contributed by atoms with Crippen molar-refractivity contribution in [1.82, 2.24) is 10.3 Å². The van der Waals surface area contributed by atoms with E-state index in [-0.39, 0.29) is 18.9 Å². The van der Waals surface area contributed by atoms with Gasteiger partial charge in [0.15, 0.2) is 0 Å². The molecule has 2 N–H and O–H groups in total. The minimum absolute atomic E-state index is 0.0485. The van der Waals surface area contributed by atoms with Gasteiger partial charge in [-0.05, 0) is 82.5 Å². The molecule has 0 radical (unpaired) electrons. The summed E-state index contributed by atoms with van der Waals surface area (Å²) in [6.07, 6.45) is 4.02. The molecule has 0 saturated heterocycles. The van der Waals surface area contributed by atoms with Gasteiger partial charge in [-0.2, -0.15) is 0 Å². The smallest absolute Gasteiger partial charge is 0.224 e. The Morgan fingerprint density at radius 3 is 1.92 bits per heavy atom. The van der Waals surface area contributed by atoms with E-state index >= 15 is 0 Å². The second-order valence-electron chi connectivity index (χ2n) is 12.4. The zero-order valence-electron chi connectivity index (χ0n) is 29.2. The lowest BCUT2D eigenvalue weighted by Crippen LogP contribution is -2.33. The van der Waals surface area contributed by atoms with Crippen molar-refractivity contribution >= 4 is 16.8 Å². The van der Waals surface area contributed by atoms with Gasteiger partial charge in [-0.1, -0.05) is 103 Å². The van der Waals surface area contributed by atoms with Gasteiger partial charge in [0.2, 0.25) is 5.91 Å². The highest BCUT2D eigenvalue weighted by atomic mass is 16.5. The van der Waals surface area contributed by atoms with Crippen molar-refractivity contribution < 1.29 is 24.1 Å². The van der Waals surface area contributed by atoms with Gasteiger partial charge in [0.25, 0.3) is 0 Å². The van der Waals surface area contributed by atoms with Crippen LogP contribution in [0.4, 0.5) is 0 Å². The Morgan fingerprint density at radius 2 is 1.31 bits per heavy atom. The summed E-state index contributed by atoms with van der Waals surface area (Å²) in [6.45, 7) is 1.03. The van der Waals surface area contributed by atoms with Crippen molar-refractivity contribution in [2.45, 2.75) is 31.3 Å². The van der Waals surface area contributed by atoms with Crippen LogP contribution < -0.4 is 14.8 Å². The molecule has 0 fully saturated rings. The third kappa shape index (κ3) is 7.96. The van der Waals surface area contributed by atoms with Crippen LogP contribution in [0.5, 0.6) is 11.5 Å². The molecule has 0 aliphatic heterocycles. The molecule has 1 aromatic heterocycles. The lowest BCUT2D eigenvalue weighted by atomic mass is 9.80.